The van der Waals surface area contributed by atoms with Crippen LogP contribution in [-0.2, 0) is 9.59 Å². The first kappa shape index (κ1) is 26.3. The Kier molecular flexibility index (Phi) is 14.1. The Bertz CT molecular complexity index is 557. The van der Waals surface area contributed by atoms with Gasteiger partial charge in [-0.05, 0) is 37.9 Å². The average Bonchev–Trinajstić information content (AvgIpc) is 3.17. The molecule has 7 nitrogen and oxygen atoms in total. The van der Waals surface area contributed by atoms with Crippen molar-refractivity contribution in [3.8, 4) is 0 Å². The van der Waals surface area contributed by atoms with Crippen LogP contribution in [0.5, 0.6) is 0 Å². The Hall–Kier alpha value is -1.70. The number of unbranched alkanes of at least 4 members (excludes halogenated alkanes) is 3. The van der Waals surface area contributed by atoms with Gasteiger partial charge in [-0.3, -0.25) is 9.59 Å². The van der Waals surface area contributed by atoms with Crippen LogP contribution in [0.2, 0.25) is 0 Å². The second-order valence-corrected chi connectivity index (χ2v) is 9.26. The van der Waals surface area contributed by atoms with Gasteiger partial charge in [0.15, 0.2) is 0 Å². The molecule has 0 unspecified atom stereocenters. The molecule has 30 heavy (non-hydrogen) atoms. The van der Waals surface area contributed by atoms with Crippen molar-refractivity contribution >= 4 is 29.6 Å². The molecule has 1 saturated heterocycles. The second-order valence-electron chi connectivity index (χ2n) is 7.74. The van der Waals surface area contributed by atoms with Crippen LogP contribution in [0.15, 0.2) is 12.2 Å². The van der Waals surface area contributed by atoms with Gasteiger partial charge in [0, 0.05) is 37.7 Å². The number of thioether (sulfide) groups is 1. The number of rotatable bonds is 17. The predicted octanol–water partition coefficient (Wildman–Crippen LogP) is 3.11. The van der Waals surface area contributed by atoms with Gasteiger partial charge < -0.3 is 21.3 Å². The van der Waals surface area contributed by atoms with Gasteiger partial charge in [-0.1, -0.05) is 38.8 Å². The Morgan fingerprint density at radius 2 is 1.80 bits per heavy atom. The molecule has 4 amide bonds. The highest BCUT2D eigenvalue weighted by atomic mass is 32.2. The number of carbonyl (C=O) groups is 3. The van der Waals surface area contributed by atoms with Gasteiger partial charge in [-0.2, -0.15) is 11.8 Å². The van der Waals surface area contributed by atoms with Crippen molar-refractivity contribution in [3.63, 3.8) is 0 Å². The zero-order valence-corrected chi connectivity index (χ0v) is 19.5. The Morgan fingerprint density at radius 1 is 1.10 bits per heavy atom. The third kappa shape index (κ3) is 12.1. The van der Waals surface area contributed by atoms with E-state index in [1.165, 1.54) is 0 Å². The molecule has 2 atom stereocenters. The SMILES string of the molecule is C=C(CC)CNC(=O)CCCCCNC(=O)CCCC[C@@H](SCC)[C@H]1CNC(=O)N1. The molecule has 8 heteroatoms. The van der Waals surface area contributed by atoms with Crippen LogP contribution >= 0.6 is 11.8 Å². The molecule has 0 aromatic heterocycles. The van der Waals surface area contributed by atoms with Crippen LogP contribution in [0.3, 0.4) is 0 Å². The molecule has 1 aliphatic heterocycles. The second kappa shape index (κ2) is 16.1. The van der Waals surface area contributed by atoms with E-state index in [0.717, 1.165) is 56.3 Å². The summed E-state index contributed by atoms with van der Waals surface area (Å²) in [5.41, 5.74) is 1.04. The maximum atomic E-state index is 12.0. The van der Waals surface area contributed by atoms with Crippen molar-refractivity contribution in [2.75, 3.05) is 25.4 Å². The molecule has 1 rings (SSSR count). The number of nitrogens with one attached hydrogen (secondary N) is 4. The topological polar surface area (TPSA) is 99.3 Å². The molecule has 4 N–H and O–H groups in total. The molecule has 0 bridgehead atoms. The molecule has 1 heterocycles. The van der Waals surface area contributed by atoms with Crippen molar-refractivity contribution in [2.45, 2.75) is 82.9 Å². The first-order valence-corrected chi connectivity index (χ1v) is 12.4. The molecular formula is C22H40N4O3S. The van der Waals surface area contributed by atoms with Gasteiger partial charge in [0.1, 0.15) is 0 Å². The van der Waals surface area contributed by atoms with Crippen LogP contribution in [0, 0.1) is 0 Å². The summed E-state index contributed by atoms with van der Waals surface area (Å²) in [6.45, 7) is 9.95. The number of urea groups is 1. The lowest BCUT2D eigenvalue weighted by molar-refractivity contribution is -0.122. The minimum atomic E-state index is -0.0795. The smallest absolute Gasteiger partial charge is 0.315 e. The first-order valence-electron chi connectivity index (χ1n) is 11.3. The van der Waals surface area contributed by atoms with Crippen LogP contribution in [0.25, 0.3) is 0 Å². The van der Waals surface area contributed by atoms with Gasteiger partial charge in [-0.25, -0.2) is 4.79 Å². The van der Waals surface area contributed by atoms with Gasteiger partial charge in [0.25, 0.3) is 0 Å². The van der Waals surface area contributed by atoms with Crippen molar-refractivity contribution < 1.29 is 14.4 Å². The molecule has 0 saturated carbocycles. The van der Waals surface area contributed by atoms with Crippen LogP contribution in [-0.4, -0.2) is 54.5 Å². The quantitative estimate of drug-likeness (QED) is 0.206. The summed E-state index contributed by atoms with van der Waals surface area (Å²) in [6, 6.07) is 0.105. The molecule has 172 valence electrons. The van der Waals surface area contributed by atoms with Crippen LogP contribution < -0.4 is 21.3 Å². The lowest BCUT2D eigenvalue weighted by atomic mass is 10.1. The Labute approximate surface area is 186 Å². The number of hydrogen-bond donors (Lipinski definition) is 4. The van der Waals surface area contributed by atoms with E-state index in [2.05, 4.69) is 34.8 Å². The molecule has 0 aromatic rings. The van der Waals surface area contributed by atoms with Gasteiger partial charge >= 0.3 is 6.03 Å². The minimum absolute atomic E-state index is 0.0705. The van der Waals surface area contributed by atoms with E-state index in [1.54, 1.807) is 0 Å². The minimum Gasteiger partial charge on any atom is -0.356 e. The normalized spacial score (nSPS) is 16.5. The Balaban J connectivity index is 2.00. The lowest BCUT2D eigenvalue weighted by Crippen LogP contribution is -2.36. The highest BCUT2D eigenvalue weighted by molar-refractivity contribution is 7.99. The highest BCUT2D eigenvalue weighted by Crippen LogP contribution is 2.22. The maximum Gasteiger partial charge on any atom is 0.315 e. The van der Waals surface area contributed by atoms with Crippen molar-refractivity contribution in [2.24, 2.45) is 0 Å². The molecule has 0 radical (unpaired) electrons. The molecule has 0 spiro atoms. The summed E-state index contributed by atoms with van der Waals surface area (Å²) in [7, 11) is 0. The molecule has 1 fully saturated rings. The summed E-state index contributed by atoms with van der Waals surface area (Å²) >= 11 is 1.88. The van der Waals surface area contributed by atoms with E-state index < -0.39 is 0 Å². The average molecular weight is 441 g/mol. The van der Waals surface area contributed by atoms with Crippen LogP contribution in [0.4, 0.5) is 4.79 Å². The summed E-state index contributed by atoms with van der Waals surface area (Å²) in [4.78, 5) is 35.0. The van der Waals surface area contributed by atoms with Crippen molar-refractivity contribution in [1.82, 2.24) is 21.3 Å². The monoisotopic (exact) mass is 440 g/mol. The zero-order valence-electron chi connectivity index (χ0n) is 18.7. The zero-order chi connectivity index (χ0) is 22.2. The maximum absolute atomic E-state index is 12.0. The standard InChI is InChI=1S/C22H40N4O3S/c1-4-17(3)15-24-21(28)12-7-6-10-14-23-20(27)13-9-8-11-19(30-5-2)18-16-25-22(29)26-18/h18-19H,3-16H2,1-2H3,(H,23,27)(H,24,28)(H2,25,26,29)/t18-,19-/m1/s1. The first-order chi connectivity index (χ1) is 14.5. The largest absolute Gasteiger partial charge is 0.356 e. The van der Waals surface area contributed by atoms with Gasteiger partial charge in [-0.15, -0.1) is 0 Å². The van der Waals surface area contributed by atoms with E-state index >= 15 is 0 Å². The van der Waals surface area contributed by atoms with E-state index in [4.69, 9.17) is 0 Å². The fourth-order valence-corrected chi connectivity index (χ4v) is 4.44. The van der Waals surface area contributed by atoms with Crippen molar-refractivity contribution in [3.05, 3.63) is 12.2 Å². The molecule has 1 aliphatic rings. The summed E-state index contributed by atoms with van der Waals surface area (Å²) in [6.07, 6.45) is 7.47. The third-order valence-electron chi connectivity index (χ3n) is 5.21. The lowest BCUT2D eigenvalue weighted by Gasteiger charge is -2.21. The van der Waals surface area contributed by atoms with Crippen LogP contribution in [0.1, 0.15) is 71.6 Å². The third-order valence-corrected chi connectivity index (χ3v) is 6.54. The number of carbonyl (C=O) groups excluding carboxylic acids is 3. The molecular weight excluding hydrogens is 400 g/mol. The van der Waals surface area contributed by atoms with E-state index in [-0.39, 0.29) is 23.9 Å². The van der Waals surface area contributed by atoms with E-state index in [1.807, 2.05) is 18.7 Å². The molecule has 0 aliphatic carbocycles. The van der Waals surface area contributed by atoms with E-state index in [0.29, 0.717) is 37.7 Å². The van der Waals surface area contributed by atoms with Gasteiger partial charge in [0.05, 0.1) is 6.04 Å². The summed E-state index contributed by atoms with van der Waals surface area (Å²) in [5, 5.41) is 12.0. The van der Waals surface area contributed by atoms with Gasteiger partial charge in [0.2, 0.25) is 11.8 Å². The summed E-state index contributed by atoms with van der Waals surface area (Å²) < 4.78 is 0. The number of amides is 4. The predicted molar refractivity (Wildman–Crippen MR) is 125 cm³/mol. The molecule has 0 aromatic carbocycles. The van der Waals surface area contributed by atoms with Crippen molar-refractivity contribution in [1.29, 1.82) is 0 Å². The fourth-order valence-electron chi connectivity index (χ4n) is 3.28. The summed E-state index contributed by atoms with van der Waals surface area (Å²) in [5.74, 6) is 1.19. The Morgan fingerprint density at radius 3 is 2.43 bits per heavy atom. The van der Waals surface area contributed by atoms with E-state index in [9.17, 15) is 14.4 Å². The fraction of sp³-hybridized carbons (Fsp3) is 0.773. The highest BCUT2D eigenvalue weighted by Gasteiger charge is 2.27. The number of hydrogen-bond acceptors (Lipinski definition) is 4.